The van der Waals surface area contributed by atoms with Gasteiger partial charge in [-0.25, -0.2) is 0 Å². The van der Waals surface area contributed by atoms with Gasteiger partial charge in [0.15, 0.2) is 0 Å². The van der Waals surface area contributed by atoms with Gasteiger partial charge in [-0.2, -0.15) is 0 Å². The Kier molecular flexibility index (Phi) is 5.31. The smallest absolute Gasteiger partial charge is 0.246 e. The molecule has 0 bridgehead atoms. The van der Waals surface area contributed by atoms with Gasteiger partial charge in [0.2, 0.25) is 5.91 Å². The first-order valence-corrected chi connectivity index (χ1v) is 7.77. The highest BCUT2D eigenvalue weighted by molar-refractivity contribution is 6.34. The molecule has 1 amide bonds. The lowest BCUT2D eigenvalue weighted by Crippen LogP contribution is -2.32. The molecule has 3 nitrogen and oxygen atoms in total. The summed E-state index contributed by atoms with van der Waals surface area (Å²) in [4.78, 5) is 14.0. The third kappa shape index (κ3) is 5.03. The number of halogens is 2. The number of carbonyl (C=O) groups excluding carboxylic acids is 1. The van der Waals surface area contributed by atoms with Crippen LogP contribution in [0.1, 0.15) is 31.7 Å². The maximum absolute atomic E-state index is 12.2. The van der Waals surface area contributed by atoms with Crippen molar-refractivity contribution in [1.82, 2.24) is 4.90 Å². The van der Waals surface area contributed by atoms with Gasteiger partial charge in [-0.1, -0.05) is 23.2 Å². The maximum Gasteiger partial charge on any atom is 0.246 e. The number of nitrogens with zero attached hydrogens (tertiary/aromatic N) is 1. The molecule has 0 spiro atoms. The average Bonchev–Trinajstić information content (AvgIpc) is 2.56. The van der Waals surface area contributed by atoms with Crippen LogP contribution in [0.2, 0.25) is 10.0 Å². The lowest BCUT2D eigenvalue weighted by atomic mass is 9.98. The Morgan fingerprint density at radius 2 is 1.90 bits per heavy atom. The summed E-state index contributed by atoms with van der Waals surface area (Å²) in [5, 5.41) is 11.1. The molecular formula is C16H19Cl2NO2. The van der Waals surface area contributed by atoms with Crippen LogP contribution in [0.5, 0.6) is 0 Å². The largest absolute Gasteiger partial charge is 0.390 e. The van der Waals surface area contributed by atoms with Gasteiger partial charge in [0.05, 0.1) is 5.60 Å². The van der Waals surface area contributed by atoms with E-state index in [1.807, 2.05) is 6.92 Å². The highest BCUT2D eigenvalue weighted by Crippen LogP contribution is 2.22. The summed E-state index contributed by atoms with van der Waals surface area (Å²) >= 11 is 11.9. The minimum absolute atomic E-state index is 0.0520. The van der Waals surface area contributed by atoms with Crippen LogP contribution in [0.15, 0.2) is 24.3 Å². The molecular weight excluding hydrogens is 309 g/mol. The van der Waals surface area contributed by atoms with Crippen LogP contribution in [0, 0.1) is 0 Å². The number of amides is 1. The van der Waals surface area contributed by atoms with Gasteiger partial charge in [-0.05, 0) is 56.0 Å². The van der Waals surface area contributed by atoms with Crippen molar-refractivity contribution >= 4 is 35.2 Å². The van der Waals surface area contributed by atoms with E-state index in [0.29, 0.717) is 29.6 Å². The Labute approximate surface area is 135 Å². The SMILES string of the molecule is CC1(O)CCCN(C(=O)/C=C/c2cc(Cl)cc(Cl)c2)CC1. The molecule has 1 aliphatic rings. The van der Waals surface area contributed by atoms with Gasteiger partial charge in [-0.15, -0.1) is 0 Å². The third-order valence-electron chi connectivity index (χ3n) is 3.68. The Bertz CT molecular complexity index is 535. The summed E-state index contributed by atoms with van der Waals surface area (Å²) in [6, 6.07) is 5.16. The molecule has 1 atom stereocenters. The first kappa shape index (κ1) is 16.3. The monoisotopic (exact) mass is 327 g/mol. The van der Waals surface area contributed by atoms with Crippen molar-refractivity contribution in [3.63, 3.8) is 0 Å². The fourth-order valence-corrected chi connectivity index (χ4v) is 2.97. The van der Waals surface area contributed by atoms with Crippen molar-refractivity contribution in [2.24, 2.45) is 0 Å². The summed E-state index contributed by atoms with van der Waals surface area (Å²) in [5.74, 6) is -0.0520. The average molecular weight is 328 g/mol. The first-order chi connectivity index (χ1) is 9.85. The van der Waals surface area contributed by atoms with E-state index in [-0.39, 0.29) is 5.91 Å². The summed E-state index contributed by atoms with van der Waals surface area (Å²) in [5.41, 5.74) is 0.127. The highest BCUT2D eigenvalue weighted by atomic mass is 35.5. The van der Waals surface area contributed by atoms with E-state index >= 15 is 0 Å². The van der Waals surface area contributed by atoms with E-state index in [0.717, 1.165) is 18.4 Å². The second-order valence-corrected chi connectivity index (χ2v) is 6.58. The number of likely N-dealkylation sites (tertiary alicyclic amines) is 1. The normalized spacial score (nSPS) is 23.3. The predicted octanol–water partition coefficient (Wildman–Crippen LogP) is 3.77. The zero-order valence-corrected chi connectivity index (χ0v) is 13.5. The lowest BCUT2D eigenvalue weighted by Gasteiger charge is -2.21. The molecule has 114 valence electrons. The van der Waals surface area contributed by atoms with Crippen molar-refractivity contribution in [2.75, 3.05) is 13.1 Å². The number of carbonyl (C=O) groups is 1. The van der Waals surface area contributed by atoms with Crippen LogP contribution >= 0.6 is 23.2 Å². The second kappa shape index (κ2) is 6.82. The summed E-state index contributed by atoms with van der Waals surface area (Å²) in [6.07, 6.45) is 5.39. The minimum Gasteiger partial charge on any atom is -0.390 e. The Morgan fingerprint density at radius 1 is 1.24 bits per heavy atom. The van der Waals surface area contributed by atoms with Crippen LogP contribution in [0.25, 0.3) is 6.08 Å². The maximum atomic E-state index is 12.2. The van der Waals surface area contributed by atoms with Crippen molar-refractivity contribution < 1.29 is 9.90 Å². The number of rotatable bonds is 2. The second-order valence-electron chi connectivity index (χ2n) is 5.71. The van der Waals surface area contributed by atoms with Crippen molar-refractivity contribution in [2.45, 2.75) is 31.8 Å². The predicted molar refractivity (Wildman–Crippen MR) is 86.6 cm³/mol. The fraction of sp³-hybridized carbons (Fsp3) is 0.438. The molecule has 21 heavy (non-hydrogen) atoms. The molecule has 1 unspecified atom stereocenters. The van der Waals surface area contributed by atoms with Gasteiger partial charge in [0.1, 0.15) is 0 Å². The van der Waals surface area contributed by atoms with Crippen LogP contribution in [0.3, 0.4) is 0 Å². The molecule has 0 aliphatic carbocycles. The first-order valence-electron chi connectivity index (χ1n) is 7.01. The molecule has 1 aliphatic heterocycles. The number of hydrogen-bond acceptors (Lipinski definition) is 2. The zero-order chi connectivity index (χ0) is 15.5. The number of hydrogen-bond donors (Lipinski definition) is 1. The van der Waals surface area contributed by atoms with Gasteiger partial charge in [0.25, 0.3) is 0 Å². The van der Waals surface area contributed by atoms with Crippen molar-refractivity contribution in [3.8, 4) is 0 Å². The quantitative estimate of drug-likeness (QED) is 0.840. The van der Waals surface area contributed by atoms with Gasteiger partial charge >= 0.3 is 0 Å². The van der Waals surface area contributed by atoms with E-state index in [2.05, 4.69) is 0 Å². The molecule has 1 aromatic rings. The molecule has 1 saturated heterocycles. The summed E-state index contributed by atoms with van der Waals surface area (Å²) in [7, 11) is 0. The van der Waals surface area contributed by atoms with E-state index in [1.54, 1.807) is 29.2 Å². The molecule has 5 heteroatoms. The zero-order valence-electron chi connectivity index (χ0n) is 12.0. The Balaban J connectivity index is 2.02. The Hall–Kier alpha value is -1.03. The number of benzene rings is 1. The lowest BCUT2D eigenvalue weighted by molar-refractivity contribution is -0.126. The highest BCUT2D eigenvalue weighted by Gasteiger charge is 2.26. The van der Waals surface area contributed by atoms with Gasteiger partial charge < -0.3 is 10.0 Å². The Morgan fingerprint density at radius 3 is 2.57 bits per heavy atom. The fourth-order valence-electron chi connectivity index (χ4n) is 2.43. The minimum atomic E-state index is -0.667. The number of aliphatic hydroxyl groups is 1. The molecule has 1 N–H and O–H groups in total. The molecule has 1 heterocycles. The van der Waals surface area contributed by atoms with Crippen molar-refractivity contribution in [3.05, 3.63) is 39.9 Å². The molecule has 0 aromatic heterocycles. The molecule has 0 radical (unpaired) electrons. The van der Waals surface area contributed by atoms with E-state index < -0.39 is 5.60 Å². The van der Waals surface area contributed by atoms with Gasteiger partial charge in [-0.3, -0.25) is 4.79 Å². The molecule has 1 aromatic carbocycles. The van der Waals surface area contributed by atoms with Crippen LogP contribution < -0.4 is 0 Å². The summed E-state index contributed by atoms with van der Waals surface area (Å²) in [6.45, 7) is 3.08. The van der Waals surface area contributed by atoms with Crippen LogP contribution in [0.4, 0.5) is 0 Å². The molecule has 0 saturated carbocycles. The third-order valence-corrected chi connectivity index (χ3v) is 4.12. The molecule has 1 fully saturated rings. The van der Waals surface area contributed by atoms with Crippen molar-refractivity contribution in [1.29, 1.82) is 0 Å². The topological polar surface area (TPSA) is 40.5 Å². The van der Waals surface area contributed by atoms with Gasteiger partial charge in [0, 0.05) is 29.2 Å². The summed E-state index contributed by atoms with van der Waals surface area (Å²) < 4.78 is 0. The van der Waals surface area contributed by atoms with Crippen LogP contribution in [-0.4, -0.2) is 34.6 Å². The van der Waals surface area contributed by atoms with Crippen LogP contribution in [-0.2, 0) is 4.79 Å². The van der Waals surface area contributed by atoms with E-state index in [4.69, 9.17) is 23.2 Å². The van der Waals surface area contributed by atoms with E-state index in [1.165, 1.54) is 6.08 Å². The molecule has 2 rings (SSSR count). The van der Waals surface area contributed by atoms with E-state index in [9.17, 15) is 9.90 Å². The standard InChI is InChI=1S/C16H19Cl2NO2/c1-16(21)5-2-7-19(8-6-16)15(20)4-3-12-9-13(17)11-14(18)10-12/h3-4,9-11,21H,2,5-8H2,1H3/b4-3+.